The summed E-state index contributed by atoms with van der Waals surface area (Å²) in [5.41, 5.74) is 4.39. The van der Waals surface area contributed by atoms with Gasteiger partial charge in [-0.2, -0.15) is 5.10 Å². The number of pyridine rings is 1. The maximum atomic E-state index is 14.1. The summed E-state index contributed by atoms with van der Waals surface area (Å²) in [7, 11) is 0. The van der Waals surface area contributed by atoms with Crippen LogP contribution >= 0.6 is 0 Å². The average molecular weight is 345 g/mol. The molecule has 0 saturated carbocycles. The van der Waals surface area contributed by atoms with E-state index in [1.807, 2.05) is 37.3 Å². The Bertz CT molecular complexity index is 1040. The summed E-state index contributed by atoms with van der Waals surface area (Å²) in [4.78, 5) is 13.0. The van der Waals surface area contributed by atoms with E-state index in [4.69, 9.17) is 0 Å². The molecule has 3 aromatic heterocycles. The minimum Gasteiger partial charge on any atom is -0.261 e. The average Bonchev–Trinajstić information content (AvgIpc) is 3.08. The lowest BCUT2D eigenvalue weighted by atomic mass is 10.2. The van der Waals surface area contributed by atoms with Crippen LogP contribution < -0.4 is 0 Å². The van der Waals surface area contributed by atoms with Crippen LogP contribution in [0.2, 0.25) is 0 Å². The molecule has 128 valence electrons. The van der Waals surface area contributed by atoms with Gasteiger partial charge in [-0.15, -0.1) is 0 Å². The number of hydrogen-bond acceptors (Lipinski definition) is 4. The van der Waals surface area contributed by atoms with E-state index >= 15 is 0 Å². The Hall–Kier alpha value is -3.41. The zero-order valence-electron chi connectivity index (χ0n) is 14.2. The van der Waals surface area contributed by atoms with Gasteiger partial charge in [0.1, 0.15) is 17.2 Å². The quantitative estimate of drug-likeness (QED) is 0.563. The van der Waals surface area contributed by atoms with Crippen molar-refractivity contribution in [2.24, 2.45) is 0 Å². The van der Waals surface area contributed by atoms with Gasteiger partial charge in [0.15, 0.2) is 0 Å². The normalized spacial score (nSPS) is 10.8. The van der Waals surface area contributed by atoms with Crippen molar-refractivity contribution in [3.63, 3.8) is 0 Å². The zero-order valence-corrected chi connectivity index (χ0v) is 14.2. The molecule has 1 aromatic carbocycles. The van der Waals surface area contributed by atoms with Crippen molar-refractivity contribution in [3.05, 3.63) is 84.2 Å². The minimum absolute atomic E-state index is 0.261. The predicted molar refractivity (Wildman–Crippen MR) is 96.7 cm³/mol. The number of halogens is 1. The Balaban J connectivity index is 1.82. The first-order chi connectivity index (χ1) is 12.7. The van der Waals surface area contributed by atoms with Gasteiger partial charge in [-0.25, -0.2) is 4.39 Å². The Morgan fingerprint density at radius 2 is 1.85 bits per heavy atom. The summed E-state index contributed by atoms with van der Waals surface area (Å²) in [6, 6.07) is 14.4. The van der Waals surface area contributed by atoms with E-state index < -0.39 is 0 Å². The number of aryl methyl sites for hydroxylation is 1. The molecule has 0 amide bonds. The zero-order chi connectivity index (χ0) is 17.9. The van der Waals surface area contributed by atoms with E-state index in [9.17, 15) is 4.39 Å². The van der Waals surface area contributed by atoms with Gasteiger partial charge in [-0.3, -0.25) is 19.6 Å². The van der Waals surface area contributed by atoms with Crippen LogP contribution in [0.3, 0.4) is 0 Å². The molecule has 3 heterocycles. The summed E-state index contributed by atoms with van der Waals surface area (Å²) in [5, 5.41) is 4.65. The maximum Gasteiger partial charge on any atom is 0.128 e. The smallest absolute Gasteiger partial charge is 0.128 e. The number of benzene rings is 1. The first-order valence-electron chi connectivity index (χ1n) is 8.22. The Morgan fingerprint density at radius 1 is 0.962 bits per heavy atom. The number of aromatic nitrogens is 5. The molecular formula is C20H16FN5. The van der Waals surface area contributed by atoms with Gasteiger partial charge >= 0.3 is 0 Å². The van der Waals surface area contributed by atoms with Crippen LogP contribution in [-0.4, -0.2) is 24.7 Å². The second-order valence-corrected chi connectivity index (χ2v) is 5.92. The topological polar surface area (TPSA) is 56.5 Å². The van der Waals surface area contributed by atoms with E-state index in [1.165, 1.54) is 6.07 Å². The summed E-state index contributed by atoms with van der Waals surface area (Å²) < 4.78 is 15.8. The van der Waals surface area contributed by atoms with Crippen LogP contribution in [0.15, 0.2) is 67.1 Å². The van der Waals surface area contributed by atoms with Crippen LogP contribution in [0.5, 0.6) is 0 Å². The molecule has 0 fully saturated rings. The summed E-state index contributed by atoms with van der Waals surface area (Å²) in [5.74, 6) is -0.261. The molecule has 0 unspecified atom stereocenters. The van der Waals surface area contributed by atoms with Crippen molar-refractivity contribution in [2.75, 3.05) is 0 Å². The van der Waals surface area contributed by atoms with Gasteiger partial charge in [-0.05, 0) is 31.2 Å². The molecule has 0 aliphatic heterocycles. The van der Waals surface area contributed by atoms with Crippen LogP contribution in [-0.2, 0) is 6.54 Å². The molecule has 0 atom stereocenters. The van der Waals surface area contributed by atoms with Crippen molar-refractivity contribution in [1.82, 2.24) is 24.7 Å². The molecule has 0 bridgehead atoms. The lowest BCUT2D eigenvalue weighted by molar-refractivity contribution is 0.587. The number of rotatable bonds is 4. The van der Waals surface area contributed by atoms with Gasteiger partial charge in [0, 0.05) is 23.7 Å². The summed E-state index contributed by atoms with van der Waals surface area (Å²) in [6.45, 7) is 2.23. The van der Waals surface area contributed by atoms with Crippen LogP contribution in [0, 0.1) is 12.7 Å². The molecule has 6 heteroatoms. The van der Waals surface area contributed by atoms with Gasteiger partial charge in [-0.1, -0.05) is 24.3 Å². The van der Waals surface area contributed by atoms with Crippen LogP contribution in [0.1, 0.15) is 11.3 Å². The third-order valence-electron chi connectivity index (χ3n) is 4.03. The highest BCUT2D eigenvalue weighted by molar-refractivity contribution is 5.64. The first kappa shape index (κ1) is 16.1. The van der Waals surface area contributed by atoms with Crippen molar-refractivity contribution < 1.29 is 4.39 Å². The van der Waals surface area contributed by atoms with Crippen molar-refractivity contribution in [1.29, 1.82) is 0 Å². The Morgan fingerprint density at radius 3 is 2.62 bits per heavy atom. The highest BCUT2D eigenvalue weighted by Crippen LogP contribution is 2.25. The lowest BCUT2D eigenvalue weighted by Crippen LogP contribution is -2.06. The largest absolute Gasteiger partial charge is 0.261 e. The van der Waals surface area contributed by atoms with E-state index in [1.54, 1.807) is 35.4 Å². The fourth-order valence-corrected chi connectivity index (χ4v) is 2.77. The molecular weight excluding hydrogens is 329 g/mol. The standard InChI is InChI=1S/C20H16FN5/c1-14-5-4-8-17(24-14)18-11-20(19-12-22-9-10-23-19)26(25-18)13-15-6-2-3-7-16(15)21/h2-12H,13H2,1H3. The van der Waals surface area contributed by atoms with Gasteiger partial charge in [0.25, 0.3) is 0 Å². The molecule has 0 spiro atoms. The highest BCUT2D eigenvalue weighted by atomic mass is 19.1. The molecule has 4 aromatic rings. The maximum absolute atomic E-state index is 14.1. The van der Waals surface area contributed by atoms with E-state index in [0.717, 1.165) is 17.1 Å². The van der Waals surface area contributed by atoms with E-state index in [-0.39, 0.29) is 5.82 Å². The molecule has 0 aliphatic rings. The Kier molecular flexibility index (Phi) is 4.23. The van der Waals surface area contributed by atoms with Crippen LogP contribution in [0.25, 0.3) is 22.8 Å². The van der Waals surface area contributed by atoms with E-state index in [0.29, 0.717) is 23.5 Å². The SMILES string of the molecule is Cc1cccc(-c2cc(-c3cnccn3)n(Cc3ccccc3F)n2)n1. The fourth-order valence-electron chi connectivity index (χ4n) is 2.77. The second-order valence-electron chi connectivity index (χ2n) is 5.92. The fraction of sp³-hybridized carbons (Fsp3) is 0.100. The molecule has 0 radical (unpaired) electrons. The van der Waals surface area contributed by atoms with Crippen molar-refractivity contribution >= 4 is 0 Å². The number of hydrogen-bond donors (Lipinski definition) is 0. The molecule has 5 nitrogen and oxygen atoms in total. The summed E-state index contributed by atoms with van der Waals surface area (Å²) >= 11 is 0. The lowest BCUT2D eigenvalue weighted by Gasteiger charge is -2.07. The van der Waals surface area contributed by atoms with Gasteiger partial charge in [0.05, 0.1) is 24.1 Å². The molecule has 0 saturated heterocycles. The van der Waals surface area contributed by atoms with E-state index in [2.05, 4.69) is 20.1 Å². The van der Waals surface area contributed by atoms with Crippen molar-refractivity contribution in [3.8, 4) is 22.8 Å². The summed E-state index contributed by atoms with van der Waals surface area (Å²) in [6.07, 6.45) is 4.91. The molecule has 26 heavy (non-hydrogen) atoms. The molecule has 4 rings (SSSR count). The first-order valence-corrected chi connectivity index (χ1v) is 8.22. The highest BCUT2D eigenvalue weighted by Gasteiger charge is 2.15. The van der Waals surface area contributed by atoms with Crippen molar-refractivity contribution in [2.45, 2.75) is 13.5 Å². The monoisotopic (exact) mass is 345 g/mol. The van der Waals surface area contributed by atoms with Gasteiger partial charge in [0.2, 0.25) is 0 Å². The third kappa shape index (κ3) is 3.21. The molecule has 0 N–H and O–H groups in total. The Labute approximate surface area is 150 Å². The number of nitrogens with zero attached hydrogens (tertiary/aromatic N) is 5. The van der Waals surface area contributed by atoms with Crippen LogP contribution in [0.4, 0.5) is 4.39 Å². The predicted octanol–water partition coefficient (Wildman–Crippen LogP) is 3.90. The third-order valence-corrected chi connectivity index (χ3v) is 4.03. The molecule has 0 aliphatic carbocycles. The van der Waals surface area contributed by atoms with Gasteiger partial charge < -0.3 is 0 Å². The minimum atomic E-state index is -0.261. The second kappa shape index (κ2) is 6.84.